The predicted octanol–water partition coefficient (Wildman–Crippen LogP) is 1.30. The van der Waals surface area contributed by atoms with Gasteiger partial charge in [0.05, 0.1) is 11.4 Å². The van der Waals surface area contributed by atoms with Gasteiger partial charge in [-0.05, 0) is 30.0 Å². The van der Waals surface area contributed by atoms with E-state index in [1.165, 1.54) is 5.56 Å². The molecule has 1 aliphatic rings. The molecule has 0 saturated heterocycles. The van der Waals surface area contributed by atoms with E-state index in [0.29, 0.717) is 10.8 Å². The van der Waals surface area contributed by atoms with Gasteiger partial charge < -0.3 is 11.1 Å². The van der Waals surface area contributed by atoms with Gasteiger partial charge in [-0.1, -0.05) is 42.5 Å². The van der Waals surface area contributed by atoms with Crippen LogP contribution in [0, 0.1) is 0 Å². The Hall–Kier alpha value is -3.48. The van der Waals surface area contributed by atoms with Crippen molar-refractivity contribution in [3.8, 4) is 0 Å². The Morgan fingerprint density at radius 1 is 1.11 bits per heavy atom. The van der Waals surface area contributed by atoms with Gasteiger partial charge >= 0.3 is 0 Å². The maximum atomic E-state index is 12.6. The van der Waals surface area contributed by atoms with Crippen molar-refractivity contribution < 1.29 is 9.59 Å². The third-order valence-electron chi connectivity index (χ3n) is 4.86. The highest BCUT2D eigenvalue weighted by atomic mass is 16.2. The number of aryl methyl sites for hydroxylation is 1. The second-order valence-electron chi connectivity index (χ2n) is 6.58. The van der Waals surface area contributed by atoms with Crippen LogP contribution in [0.1, 0.15) is 34.1 Å². The SMILES string of the molecule is NC(=O)c1nn(CC(=O)NC2CCc3ccccc32)c(=O)c2ccccc12. The predicted molar refractivity (Wildman–Crippen MR) is 100 cm³/mol. The summed E-state index contributed by atoms with van der Waals surface area (Å²) in [4.78, 5) is 36.9. The van der Waals surface area contributed by atoms with Crippen LogP contribution in [0.3, 0.4) is 0 Å². The van der Waals surface area contributed by atoms with Gasteiger partial charge in [0.15, 0.2) is 5.69 Å². The summed E-state index contributed by atoms with van der Waals surface area (Å²) in [6.07, 6.45) is 1.72. The first-order valence-electron chi connectivity index (χ1n) is 8.71. The van der Waals surface area contributed by atoms with Crippen molar-refractivity contribution in [2.24, 2.45) is 5.73 Å². The summed E-state index contributed by atoms with van der Waals surface area (Å²) < 4.78 is 0.999. The Morgan fingerprint density at radius 2 is 1.81 bits per heavy atom. The summed E-state index contributed by atoms with van der Waals surface area (Å²) in [5.74, 6) is -1.08. The third kappa shape index (κ3) is 3.08. The van der Waals surface area contributed by atoms with Crippen LogP contribution >= 0.6 is 0 Å². The number of hydrogen-bond acceptors (Lipinski definition) is 4. The van der Waals surface area contributed by atoms with Crippen LogP contribution < -0.4 is 16.6 Å². The van der Waals surface area contributed by atoms with Gasteiger partial charge in [0.25, 0.3) is 11.5 Å². The van der Waals surface area contributed by atoms with Crippen molar-refractivity contribution in [1.82, 2.24) is 15.1 Å². The molecule has 0 radical (unpaired) electrons. The largest absolute Gasteiger partial charge is 0.364 e. The molecule has 3 N–H and O–H groups in total. The zero-order valence-electron chi connectivity index (χ0n) is 14.5. The molecular weight excluding hydrogens is 344 g/mol. The van der Waals surface area contributed by atoms with Crippen LogP contribution in [0.25, 0.3) is 10.8 Å². The zero-order chi connectivity index (χ0) is 19.0. The molecule has 1 aliphatic carbocycles. The summed E-state index contributed by atoms with van der Waals surface area (Å²) in [5.41, 5.74) is 7.26. The number of aromatic nitrogens is 2. The number of benzene rings is 2. The number of nitrogens with one attached hydrogen (secondary N) is 1. The first-order valence-corrected chi connectivity index (χ1v) is 8.71. The number of nitrogens with zero attached hydrogens (tertiary/aromatic N) is 2. The number of carbonyl (C=O) groups is 2. The van der Waals surface area contributed by atoms with Crippen molar-refractivity contribution in [1.29, 1.82) is 0 Å². The molecule has 7 nitrogen and oxygen atoms in total. The van der Waals surface area contributed by atoms with Gasteiger partial charge in [-0.25, -0.2) is 4.68 Å². The second-order valence-corrected chi connectivity index (χ2v) is 6.58. The molecule has 0 bridgehead atoms. The van der Waals surface area contributed by atoms with Crippen molar-refractivity contribution in [3.05, 3.63) is 75.7 Å². The van der Waals surface area contributed by atoms with Gasteiger partial charge in [-0.15, -0.1) is 0 Å². The van der Waals surface area contributed by atoms with Crippen LogP contribution in [0.15, 0.2) is 53.3 Å². The summed E-state index contributed by atoms with van der Waals surface area (Å²) in [5, 5.41) is 7.67. The number of nitrogens with two attached hydrogens (primary N) is 1. The maximum absolute atomic E-state index is 12.6. The summed E-state index contributed by atoms with van der Waals surface area (Å²) in [6, 6.07) is 14.5. The highest BCUT2D eigenvalue weighted by Gasteiger charge is 2.24. The molecular formula is C20H18N4O3. The fraction of sp³-hybridized carbons (Fsp3) is 0.200. The molecule has 1 unspecified atom stereocenters. The van der Waals surface area contributed by atoms with E-state index in [4.69, 9.17) is 5.73 Å². The van der Waals surface area contributed by atoms with E-state index >= 15 is 0 Å². The number of primary amides is 1. The van der Waals surface area contributed by atoms with E-state index in [0.717, 1.165) is 23.1 Å². The topological polar surface area (TPSA) is 107 Å². The van der Waals surface area contributed by atoms with E-state index in [2.05, 4.69) is 16.5 Å². The molecule has 3 aromatic rings. The minimum Gasteiger partial charge on any atom is -0.364 e. The first kappa shape index (κ1) is 17.0. The molecule has 136 valence electrons. The van der Waals surface area contributed by atoms with Crippen LogP contribution in [0.2, 0.25) is 0 Å². The van der Waals surface area contributed by atoms with Gasteiger partial charge in [0.1, 0.15) is 6.54 Å². The molecule has 2 amide bonds. The average molecular weight is 362 g/mol. The van der Waals surface area contributed by atoms with E-state index < -0.39 is 11.5 Å². The fourth-order valence-corrected chi connectivity index (χ4v) is 3.61. The van der Waals surface area contributed by atoms with Crippen molar-refractivity contribution in [3.63, 3.8) is 0 Å². The molecule has 4 rings (SSSR count). The van der Waals surface area contributed by atoms with Crippen LogP contribution in [0.5, 0.6) is 0 Å². The number of hydrogen-bond donors (Lipinski definition) is 2. The number of amides is 2. The van der Waals surface area contributed by atoms with E-state index in [1.54, 1.807) is 24.3 Å². The fourth-order valence-electron chi connectivity index (χ4n) is 3.61. The van der Waals surface area contributed by atoms with E-state index in [9.17, 15) is 14.4 Å². The quantitative estimate of drug-likeness (QED) is 0.729. The molecule has 0 saturated carbocycles. The minimum atomic E-state index is -0.745. The Morgan fingerprint density at radius 3 is 2.59 bits per heavy atom. The Balaban J connectivity index is 1.62. The van der Waals surface area contributed by atoms with Crippen molar-refractivity contribution >= 4 is 22.6 Å². The normalized spacial score (nSPS) is 15.5. The van der Waals surface area contributed by atoms with Gasteiger partial charge in [-0.3, -0.25) is 14.4 Å². The Bertz CT molecular complexity index is 1120. The molecule has 0 aliphatic heterocycles. The van der Waals surface area contributed by atoms with Crippen LogP contribution in [0.4, 0.5) is 0 Å². The second kappa shape index (κ2) is 6.68. The molecule has 1 atom stereocenters. The monoisotopic (exact) mass is 362 g/mol. The lowest BCUT2D eigenvalue weighted by Crippen LogP contribution is -2.36. The van der Waals surface area contributed by atoms with Gasteiger partial charge in [-0.2, -0.15) is 5.10 Å². The van der Waals surface area contributed by atoms with Gasteiger partial charge in [0, 0.05) is 5.39 Å². The number of fused-ring (bicyclic) bond motifs is 2. The smallest absolute Gasteiger partial charge is 0.275 e. The molecule has 2 aromatic carbocycles. The van der Waals surface area contributed by atoms with Crippen LogP contribution in [-0.2, 0) is 17.8 Å². The lowest BCUT2D eigenvalue weighted by molar-refractivity contribution is -0.122. The molecule has 0 spiro atoms. The molecule has 27 heavy (non-hydrogen) atoms. The number of carbonyl (C=O) groups excluding carboxylic acids is 2. The minimum absolute atomic E-state index is 0.0239. The lowest BCUT2D eigenvalue weighted by Gasteiger charge is -2.15. The molecule has 7 heteroatoms. The molecule has 1 aromatic heterocycles. The molecule has 1 heterocycles. The third-order valence-corrected chi connectivity index (χ3v) is 4.86. The standard InChI is InChI=1S/C20H18N4O3/c21-19(26)18-14-7-3-4-8-15(14)20(27)24(23-18)11-17(25)22-16-10-9-12-5-1-2-6-13(12)16/h1-8,16H,9-11H2,(H2,21,26)(H,22,25). The zero-order valence-corrected chi connectivity index (χ0v) is 14.5. The summed E-state index contributed by atoms with van der Waals surface area (Å²) >= 11 is 0. The maximum Gasteiger partial charge on any atom is 0.275 e. The van der Waals surface area contributed by atoms with E-state index in [-0.39, 0.29) is 24.2 Å². The molecule has 0 fully saturated rings. The van der Waals surface area contributed by atoms with Crippen molar-refractivity contribution in [2.45, 2.75) is 25.4 Å². The Labute approximate surface area is 154 Å². The van der Waals surface area contributed by atoms with Crippen LogP contribution in [-0.4, -0.2) is 21.6 Å². The number of rotatable bonds is 4. The summed E-state index contributed by atoms with van der Waals surface area (Å²) in [7, 11) is 0. The average Bonchev–Trinajstić information content (AvgIpc) is 3.07. The highest BCUT2D eigenvalue weighted by molar-refractivity contribution is 6.04. The summed E-state index contributed by atoms with van der Waals surface area (Å²) in [6.45, 7) is -0.275. The Kier molecular flexibility index (Phi) is 4.19. The highest BCUT2D eigenvalue weighted by Crippen LogP contribution is 2.30. The van der Waals surface area contributed by atoms with E-state index in [1.807, 2.05) is 18.2 Å². The van der Waals surface area contributed by atoms with Crippen molar-refractivity contribution in [2.75, 3.05) is 0 Å². The van der Waals surface area contributed by atoms with Gasteiger partial charge in [0.2, 0.25) is 5.91 Å². The first-order chi connectivity index (χ1) is 13.0. The lowest BCUT2D eigenvalue weighted by atomic mass is 10.1.